The maximum atomic E-state index is 8.93. The zero-order valence-corrected chi connectivity index (χ0v) is 9.66. The van der Waals surface area contributed by atoms with Crippen molar-refractivity contribution in [1.29, 1.82) is 0 Å². The predicted molar refractivity (Wildman–Crippen MR) is 63.9 cm³/mol. The summed E-state index contributed by atoms with van der Waals surface area (Å²) in [6.07, 6.45) is 3.10. The van der Waals surface area contributed by atoms with Crippen LogP contribution in [0.5, 0.6) is 0 Å². The fraction of sp³-hybridized carbons (Fsp3) is 0.538. The molecule has 0 amide bonds. The van der Waals surface area contributed by atoms with E-state index in [1.807, 2.05) is 7.05 Å². The van der Waals surface area contributed by atoms with E-state index in [4.69, 9.17) is 5.11 Å². The van der Waals surface area contributed by atoms with Gasteiger partial charge in [-0.25, -0.2) is 0 Å². The first-order valence-corrected chi connectivity index (χ1v) is 5.68. The van der Waals surface area contributed by atoms with E-state index >= 15 is 0 Å². The lowest BCUT2D eigenvalue weighted by Crippen LogP contribution is -2.17. The molecule has 0 saturated carbocycles. The molecule has 0 heterocycles. The van der Waals surface area contributed by atoms with E-state index in [2.05, 4.69) is 36.5 Å². The SMILES string of the molecule is CCCc1ccc(C(CCO)NC)cc1. The van der Waals surface area contributed by atoms with E-state index in [1.54, 1.807) is 0 Å². The van der Waals surface area contributed by atoms with E-state index in [-0.39, 0.29) is 12.6 Å². The van der Waals surface area contributed by atoms with Crippen LogP contribution in [0.2, 0.25) is 0 Å². The molecule has 0 aliphatic carbocycles. The molecule has 0 spiro atoms. The molecule has 0 radical (unpaired) electrons. The van der Waals surface area contributed by atoms with Gasteiger partial charge >= 0.3 is 0 Å². The molecular formula is C13H21NO. The molecule has 1 aromatic rings. The van der Waals surface area contributed by atoms with Gasteiger partial charge in [0.1, 0.15) is 0 Å². The third-order valence-corrected chi connectivity index (χ3v) is 2.69. The average Bonchev–Trinajstić information content (AvgIpc) is 2.28. The lowest BCUT2D eigenvalue weighted by Gasteiger charge is -2.15. The monoisotopic (exact) mass is 207 g/mol. The molecule has 2 heteroatoms. The van der Waals surface area contributed by atoms with Gasteiger partial charge in [0.2, 0.25) is 0 Å². The highest BCUT2D eigenvalue weighted by Gasteiger charge is 2.07. The summed E-state index contributed by atoms with van der Waals surface area (Å²) >= 11 is 0. The molecule has 1 aromatic carbocycles. The second-order valence-electron chi connectivity index (χ2n) is 3.85. The van der Waals surface area contributed by atoms with Crippen molar-refractivity contribution in [2.24, 2.45) is 0 Å². The maximum absolute atomic E-state index is 8.93. The Labute approximate surface area is 92.3 Å². The van der Waals surface area contributed by atoms with Crippen LogP contribution in [0.15, 0.2) is 24.3 Å². The van der Waals surface area contributed by atoms with Crippen LogP contribution in [-0.4, -0.2) is 18.8 Å². The third-order valence-electron chi connectivity index (χ3n) is 2.69. The topological polar surface area (TPSA) is 32.3 Å². The molecule has 0 aliphatic heterocycles. The Bertz CT molecular complexity index is 268. The Morgan fingerprint density at radius 2 is 1.93 bits per heavy atom. The Morgan fingerprint density at radius 3 is 2.40 bits per heavy atom. The van der Waals surface area contributed by atoms with E-state index in [9.17, 15) is 0 Å². The maximum Gasteiger partial charge on any atom is 0.0449 e. The van der Waals surface area contributed by atoms with Crippen LogP contribution in [0.1, 0.15) is 36.9 Å². The molecule has 1 unspecified atom stereocenters. The highest BCUT2D eigenvalue weighted by Crippen LogP contribution is 2.17. The van der Waals surface area contributed by atoms with Crippen LogP contribution < -0.4 is 5.32 Å². The first-order chi connectivity index (χ1) is 7.31. The molecule has 1 atom stereocenters. The van der Waals surface area contributed by atoms with Crippen molar-refractivity contribution in [3.05, 3.63) is 35.4 Å². The zero-order valence-electron chi connectivity index (χ0n) is 9.66. The standard InChI is InChI=1S/C13H21NO/c1-3-4-11-5-7-12(8-6-11)13(14-2)9-10-15/h5-8,13-15H,3-4,9-10H2,1-2H3. The van der Waals surface area contributed by atoms with Crippen molar-refractivity contribution in [2.45, 2.75) is 32.2 Å². The van der Waals surface area contributed by atoms with E-state index < -0.39 is 0 Å². The molecule has 15 heavy (non-hydrogen) atoms. The van der Waals surface area contributed by atoms with Crippen LogP contribution in [0, 0.1) is 0 Å². The molecule has 84 valence electrons. The predicted octanol–water partition coefficient (Wildman–Crippen LogP) is 2.28. The van der Waals surface area contributed by atoms with Gasteiger partial charge in [-0.3, -0.25) is 0 Å². The number of hydrogen-bond donors (Lipinski definition) is 2. The second kappa shape index (κ2) is 6.59. The summed E-state index contributed by atoms with van der Waals surface area (Å²) in [4.78, 5) is 0. The van der Waals surface area contributed by atoms with Gasteiger partial charge in [-0.15, -0.1) is 0 Å². The molecular weight excluding hydrogens is 186 g/mol. The molecule has 2 nitrogen and oxygen atoms in total. The number of rotatable bonds is 6. The van der Waals surface area contributed by atoms with Crippen molar-refractivity contribution in [3.8, 4) is 0 Å². The Hall–Kier alpha value is -0.860. The molecule has 0 bridgehead atoms. The molecule has 0 fully saturated rings. The minimum atomic E-state index is 0.224. The van der Waals surface area contributed by atoms with Crippen LogP contribution in [-0.2, 0) is 6.42 Å². The van der Waals surface area contributed by atoms with Gasteiger partial charge in [0, 0.05) is 12.6 Å². The van der Waals surface area contributed by atoms with E-state index in [0.29, 0.717) is 0 Å². The van der Waals surface area contributed by atoms with Gasteiger partial charge in [0.25, 0.3) is 0 Å². The van der Waals surface area contributed by atoms with Gasteiger partial charge in [-0.2, -0.15) is 0 Å². The highest BCUT2D eigenvalue weighted by molar-refractivity contribution is 5.25. The van der Waals surface area contributed by atoms with Crippen molar-refractivity contribution in [1.82, 2.24) is 5.32 Å². The summed E-state index contributed by atoms with van der Waals surface area (Å²) in [5.74, 6) is 0. The normalized spacial score (nSPS) is 12.7. The third kappa shape index (κ3) is 3.65. The summed E-state index contributed by atoms with van der Waals surface area (Å²) in [5, 5.41) is 12.1. The number of hydrogen-bond acceptors (Lipinski definition) is 2. The molecule has 2 N–H and O–H groups in total. The number of nitrogens with one attached hydrogen (secondary N) is 1. The van der Waals surface area contributed by atoms with Crippen molar-refractivity contribution >= 4 is 0 Å². The molecule has 1 rings (SSSR count). The average molecular weight is 207 g/mol. The van der Waals surface area contributed by atoms with Gasteiger partial charge < -0.3 is 10.4 Å². The van der Waals surface area contributed by atoms with Crippen LogP contribution >= 0.6 is 0 Å². The number of aliphatic hydroxyl groups is 1. The Balaban J connectivity index is 2.68. The number of aliphatic hydroxyl groups excluding tert-OH is 1. The fourth-order valence-electron chi connectivity index (χ4n) is 1.81. The number of aryl methyl sites for hydroxylation is 1. The Kier molecular flexibility index (Phi) is 5.37. The van der Waals surface area contributed by atoms with Crippen molar-refractivity contribution in [3.63, 3.8) is 0 Å². The lowest BCUT2D eigenvalue weighted by atomic mass is 10.0. The van der Waals surface area contributed by atoms with Gasteiger partial charge in [0.05, 0.1) is 0 Å². The lowest BCUT2D eigenvalue weighted by molar-refractivity contribution is 0.269. The van der Waals surface area contributed by atoms with Crippen LogP contribution in [0.25, 0.3) is 0 Å². The zero-order chi connectivity index (χ0) is 11.1. The number of benzene rings is 1. The van der Waals surface area contributed by atoms with Gasteiger partial charge in [-0.1, -0.05) is 37.6 Å². The van der Waals surface area contributed by atoms with Crippen LogP contribution in [0.4, 0.5) is 0 Å². The first-order valence-electron chi connectivity index (χ1n) is 5.68. The summed E-state index contributed by atoms with van der Waals surface area (Å²) in [6.45, 7) is 2.41. The smallest absolute Gasteiger partial charge is 0.0449 e. The summed E-state index contributed by atoms with van der Waals surface area (Å²) in [7, 11) is 1.93. The van der Waals surface area contributed by atoms with E-state index in [1.165, 1.54) is 17.5 Å². The first kappa shape index (κ1) is 12.2. The minimum Gasteiger partial charge on any atom is -0.396 e. The van der Waals surface area contributed by atoms with E-state index in [0.717, 1.165) is 12.8 Å². The van der Waals surface area contributed by atoms with Crippen LogP contribution in [0.3, 0.4) is 0 Å². The molecule has 0 aromatic heterocycles. The summed E-state index contributed by atoms with van der Waals surface area (Å²) < 4.78 is 0. The second-order valence-corrected chi connectivity index (χ2v) is 3.85. The van der Waals surface area contributed by atoms with Gasteiger partial charge in [-0.05, 0) is 31.0 Å². The summed E-state index contributed by atoms with van der Waals surface area (Å²) in [5.41, 5.74) is 2.64. The highest BCUT2D eigenvalue weighted by atomic mass is 16.3. The fourth-order valence-corrected chi connectivity index (χ4v) is 1.81. The molecule has 0 aliphatic rings. The van der Waals surface area contributed by atoms with Crippen molar-refractivity contribution < 1.29 is 5.11 Å². The van der Waals surface area contributed by atoms with Crippen molar-refractivity contribution in [2.75, 3.05) is 13.7 Å². The minimum absolute atomic E-state index is 0.224. The Morgan fingerprint density at radius 1 is 1.27 bits per heavy atom. The summed E-state index contributed by atoms with van der Waals surface area (Å²) in [6, 6.07) is 8.94. The molecule has 0 saturated heterocycles. The van der Waals surface area contributed by atoms with Gasteiger partial charge in [0.15, 0.2) is 0 Å². The quantitative estimate of drug-likeness (QED) is 0.750. The largest absolute Gasteiger partial charge is 0.396 e.